The van der Waals surface area contributed by atoms with Gasteiger partial charge in [-0.25, -0.2) is 9.18 Å². The van der Waals surface area contributed by atoms with Gasteiger partial charge in [-0.3, -0.25) is 0 Å². The Morgan fingerprint density at radius 3 is 2.20 bits per heavy atom. The average Bonchev–Trinajstić information content (AvgIpc) is 2.61. The fourth-order valence-corrected chi connectivity index (χ4v) is 2.33. The van der Waals surface area contributed by atoms with Crippen molar-refractivity contribution in [3.05, 3.63) is 83.6 Å². The number of halogens is 2. The van der Waals surface area contributed by atoms with Crippen LogP contribution in [0.2, 0.25) is 5.02 Å². The maximum atomic E-state index is 13.7. The van der Waals surface area contributed by atoms with Crippen molar-refractivity contribution in [2.75, 3.05) is 10.6 Å². The van der Waals surface area contributed by atoms with Crippen molar-refractivity contribution < 1.29 is 13.9 Å². The van der Waals surface area contributed by atoms with E-state index in [1.807, 2.05) is 30.3 Å². The average molecular weight is 357 g/mol. The molecule has 0 atom stereocenters. The summed E-state index contributed by atoms with van der Waals surface area (Å²) in [5.41, 5.74) is 0.469. The van der Waals surface area contributed by atoms with E-state index in [-0.39, 0.29) is 10.7 Å². The van der Waals surface area contributed by atoms with Gasteiger partial charge < -0.3 is 15.4 Å². The number of urea groups is 1. The zero-order valence-electron chi connectivity index (χ0n) is 13.0. The molecule has 126 valence electrons. The fraction of sp³-hybridized carbons (Fsp3) is 0. The number of para-hydroxylation sites is 2. The lowest BCUT2D eigenvalue weighted by Gasteiger charge is -2.10. The number of hydrogen-bond acceptors (Lipinski definition) is 2. The summed E-state index contributed by atoms with van der Waals surface area (Å²) >= 11 is 5.88. The first-order valence-electron chi connectivity index (χ1n) is 7.47. The minimum atomic E-state index is -0.603. The van der Waals surface area contributed by atoms with E-state index < -0.39 is 11.8 Å². The van der Waals surface area contributed by atoms with E-state index in [1.165, 1.54) is 18.2 Å². The molecule has 2 N–H and O–H groups in total. The molecular weight excluding hydrogens is 343 g/mol. The molecule has 4 nitrogen and oxygen atoms in total. The third kappa shape index (κ3) is 4.49. The molecule has 0 saturated heterocycles. The van der Waals surface area contributed by atoms with E-state index in [4.69, 9.17) is 16.3 Å². The van der Waals surface area contributed by atoms with Gasteiger partial charge in [-0.15, -0.1) is 0 Å². The van der Waals surface area contributed by atoms with E-state index in [0.717, 1.165) is 5.75 Å². The summed E-state index contributed by atoms with van der Waals surface area (Å²) < 4.78 is 19.3. The molecule has 0 unspecified atom stereocenters. The molecule has 25 heavy (non-hydrogen) atoms. The number of carbonyl (C=O) groups excluding carboxylic acids is 1. The predicted molar refractivity (Wildman–Crippen MR) is 97.0 cm³/mol. The normalized spacial score (nSPS) is 10.2. The highest BCUT2D eigenvalue weighted by Gasteiger charge is 2.10. The van der Waals surface area contributed by atoms with Gasteiger partial charge in [-0.05, 0) is 48.5 Å². The number of rotatable bonds is 4. The van der Waals surface area contributed by atoms with E-state index in [9.17, 15) is 9.18 Å². The summed E-state index contributed by atoms with van der Waals surface area (Å²) in [5.74, 6) is 0.749. The molecule has 0 aliphatic rings. The summed E-state index contributed by atoms with van der Waals surface area (Å²) in [6.07, 6.45) is 0. The molecule has 2 amide bonds. The molecule has 0 radical (unpaired) electrons. The molecule has 0 spiro atoms. The standard InChI is InChI=1S/C19H14ClFN2O2/c20-16-7-4-8-17(21)18(16)23-19(24)22-13-9-11-15(12-10-13)25-14-5-2-1-3-6-14/h1-12H,(H2,22,23,24). The zero-order chi connectivity index (χ0) is 17.6. The third-order valence-corrected chi connectivity index (χ3v) is 3.61. The van der Waals surface area contributed by atoms with E-state index in [1.54, 1.807) is 24.3 Å². The first-order valence-corrected chi connectivity index (χ1v) is 7.84. The number of anilines is 2. The van der Waals surface area contributed by atoms with Gasteiger partial charge in [-0.1, -0.05) is 35.9 Å². The van der Waals surface area contributed by atoms with Crippen molar-refractivity contribution in [1.82, 2.24) is 0 Å². The molecule has 0 bridgehead atoms. The van der Waals surface area contributed by atoms with E-state index in [2.05, 4.69) is 10.6 Å². The number of ether oxygens (including phenoxy) is 1. The van der Waals surface area contributed by atoms with Gasteiger partial charge in [0.05, 0.1) is 10.7 Å². The Kier molecular flexibility index (Phi) is 5.16. The molecule has 0 saturated carbocycles. The molecule has 3 aromatic rings. The lowest BCUT2D eigenvalue weighted by Crippen LogP contribution is -2.20. The highest BCUT2D eigenvalue weighted by molar-refractivity contribution is 6.33. The van der Waals surface area contributed by atoms with Gasteiger partial charge in [0, 0.05) is 5.69 Å². The quantitative estimate of drug-likeness (QED) is 0.610. The topological polar surface area (TPSA) is 50.4 Å². The van der Waals surface area contributed by atoms with Crippen LogP contribution in [0.4, 0.5) is 20.6 Å². The van der Waals surface area contributed by atoms with Crippen molar-refractivity contribution in [2.45, 2.75) is 0 Å². The van der Waals surface area contributed by atoms with Crippen LogP contribution in [0.25, 0.3) is 0 Å². The monoisotopic (exact) mass is 356 g/mol. The Morgan fingerprint density at radius 1 is 0.840 bits per heavy atom. The number of amides is 2. The summed E-state index contributed by atoms with van der Waals surface area (Å²) in [6.45, 7) is 0. The van der Waals surface area contributed by atoms with Crippen LogP contribution in [0.5, 0.6) is 11.5 Å². The van der Waals surface area contributed by atoms with Crippen LogP contribution in [-0.4, -0.2) is 6.03 Å². The SMILES string of the molecule is O=C(Nc1ccc(Oc2ccccc2)cc1)Nc1c(F)cccc1Cl. The largest absolute Gasteiger partial charge is 0.457 e. The molecule has 0 aliphatic heterocycles. The Labute approximate surface area is 149 Å². The Balaban J connectivity index is 1.62. The molecule has 0 heterocycles. The second-order valence-corrected chi connectivity index (χ2v) is 5.52. The molecule has 0 aromatic heterocycles. The van der Waals surface area contributed by atoms with Crippen molar-refractivity contribution in [3.8, 4) is 11.5 Å². The van der Waals surface area contributed by atoms with Crippen LogP contribution in [0.15, 0.2) is 72.8 Å². The molecule has 3 rings (SSSR count). The highest BCUT2D eigenvalue weighted by Crippen LogP contribution is 2.25. The van der Waals surface area contributed by atoms with Crippen LogP contribution in [0.1, 0.15) is 0 Å². The minimum absolute atomic E-state index is 0.0642. The number of carbonyl (C=O) groups is 1. The van der Waals surface area contributed by atoms with Crippen LogP contribution < -0.4 is 15.4 Å². The smallest absolute Gasteiger partial charge is 0.323 e. The number of nitrogens with one attached hydrogen (secondary N) is 2. The lowest BCUT2D eigenvalue weighted by atomic mass is 10.3. The second-order valence-electron chi connectivity index (χ2n) is 5.12. The zero-order valence-corrected chi connectivity index (χ0v) is 13.8. The van der Waals surface area contributed by atoms with Gasteiger partial charge in [0.2, 0.25) is 0 Å². The maximum absolute atomic E-state index is 13.7. The fourth-order valence-electron chi connectivity index (χ4n) is 2.12. The van der Waals surface area contributed by atoms with Gasteiger partial charge in [0.1, 0.15) is 17.3 Å². The number of benzene rings is 3. The molecule has 3 aromatic carbocycles. The maximum Gasteiger partial charge on any atom is 0.323 e. The van der Waals surface area contributed by atoms with Crippen molar-refractivity contribution in [1.29, 1.82) is 0 Å². The van der Waals surface area contributed by atoms with Crippen molar-refractivity contribution in [3.63, 3.8) is 0 Å². The highest BCUT2D eigenvalue weighted by atomic mass is 35.5. The van der Waals surface area contributed by atoms with Gasteiger partial charge >= 0.3 is 6.03 Å². The van der Waals surface area contributed by atoms with E-state index >= 15 is 0 Å². The van der Waals surface area contributed by atoms with Crippen LogP contribution in [-0.2, 0) is 0 Å². The first-order chi connectivity index (χ1) is 12.1. The Morgan fingerprint density at radius 2 is 1.52 bits per heavy atom. The minimum Gasteiger partial charge on any atom is -0.457 e. The van der Waals surface area contributed by atoms with Crippen molar-refractivity contribution >= 4 is 29.0 Å². The Bertz CT molecular complexity index is 850. The van der Waals surface area contributed by atoms with Crippen LogP contribution in [0, 0.1) is 5.82 Å². The van der Waals surface area contributed by atoms with Gasteiger partial charge in [0.15, 0.2) is 0 Å². The third-order valence-electron chi connectivity index (χ3n) is 3.29. The van der Waals surface area contributed by atoms with E-state index in [0.29, 0.717) is 11.4 Å². The van der Waals surface area contributed by atoms with Crippen molar-refractivity contribution in [2.24, 2.45) is 0 Å². The van der Waals surface area contributed by atoms with Gasteiger partial charge in [0.25, 0.3) is 0 Å². The number of hydrogen-bond donors (Lipinski definition) is 2. The first kappa shape index (κ1) is 16.8. The summed E-state index contributed by atoms with van der Waals surface area (Å²) in [5, 5.41) is 5.12. The molecule has 0 fully saturated rings. The second kappa shape index (κ2) is 7.68. The summed E-state index contributed by atoms with van der Waals surface area (Å²) in [4.78, 5) is 12.0. The Hall–Kier alpha value is -3.05. The molecular formula is C19H14ClFN2O2. The summed E-state index contributed by atoms with van der Waals surface area (Å²) in [7, 11) is 0. The lowest BCUT2D eigenvalue weighted by molar-refractivity contribution is 0.262. The molecule has 6 heteroatoms. The van der Waals surface area contributed by atoms with Crippen LogP contribution in [0.3, 0.4) is 0 Å². The van der Waals surface area contributed by atoms with Crippen LogP contribution >= 0.6 is 11.6 Å². The summed E-state index contributed by atoms with van der Waals surface area (Å²) in [6, 6.07) is 19.7. The predicted octanol–water partition coefficient (Wildman–Crippen LogP) is 5.92. The molecule has 0 aliphatic carbocycles. The van der Waals surface area contributed by atoms with Gasteiger partial charge in [-0.2, -0.15) is 0 Å².